The average molecular weight is 233 g/mol. The Morgan fingerprint density at radius 1 is 1.29 bits per heavy atom. The average Bonchev–Trinajstić information content (AvgIpc) is 2.29. The maximum atomic E-state index is 7.60. The van der Waals surface area contributed by atoms with Crippen molar-refractivity contribution in [3.05, 3.63) is 35.9 Å². The van der Waals surface area contributed by atoms with Gasteiger partial charge in [-0.15, -0.1) is 0 Å². The number of benzene rings is 1. The molecule has 1 rings (SSSR count). The molecule has 0 aliphatic heterocycles. The van der Waals surface area contributed by atoms with Crippen molar-refractivity contribution in [3.63, 3.8) is 0 Å². The summed E-state index contributed by atoms with van der Waals surface area (Å²) in [7, 11) is 1.81. The van der Waals surface area contributed by atoms with Gasteiger partial charge in [0.2, 0.25) is 0 Å². The quantitative estimate of drug-likeness (QED) is 0.461. The van der Waals surface area contributed by atoms with Gasteiger partial charge in [0.15, 0.2) is 11.9 Å². The summed E-state index contributed by atoms with van der Waals surface area (Å²) in [5.74, 6) is -0.0459. The third-order valence-electron chi connectivity index (χ3n) is 2.44. The second kappa shape index (κ2) is 6.52. The highest BCUT2D eigenvalue weighted by molar-refractivity contribution is 5.94. The number of hydrogen-bond donors (Lipinski definition) is 4. The van der Waals surface area contributed by atoms with Gasteiger partial charge in [-0.3, -0.25) is 16.1 Å². The van der Waals surface area contributed by atoms with Crippen LogP contribution in [0.25, 0.3) is 0 Å². The standard InChI is InChI=1S/C12H19N5/c1-17(12(15)16-11(13)14)9-5-8-10-6-3-2-4-7-10/h2-4,6-7H,5,8-9H2,1H3,(H5,13,14,15,16). The van der Waals surface area contributed by atoms with Gasteiger partial charge in [0.05, 0.1) is 0 Å². The van der Waals surface area contributed by atoms with Crippen LogP contribution in [0.2, 0.25) is 0 Å². The molecule has 0 aromatic heterocycles. The third-order valence-corrected chi connectivity index (χ3v) is 2.44. The van der Waals surface area contributed by atoms with Gasteiger partial charge < -0.3 is 10.6 Å². The summed E-state index contributed by atoms with van der Waals surface area (Å²) >= 11 is 0. The Hall–Kier alpha value is -2.04. The molecule has 0 aliphatic rings. The Balaban J connectivity index is 2.27. The number of hydrogen-bond acceptors (Lipinski definition) is 2. The van der Waals surface area contributed by atoms with Crippen molar-refractivity contribution in [3.8, 4) is 0 Å². The van der Waals surface area contributed by atoms with Crippen LogP contribution in [0, 0.1) is 10.8 Å². The van der Waals surface area contributed by atoms with Crippen molar-refractivity contribution in [1.82, 2.24) is 10.2 Å². The van der Waals surface area contributed by atoms with E-state index in [2.05, 4.69) is 17.4 Å². The monoisotopic (exact) mass is 233 g/mol. The molecule has 0 heterocycles. The molecule has 92 valence electrons. The second-order valence-electron chi connectivity index (χ2n) is 3.90. The summed E-state index contributed by atoms with van der Waals surface area (Å²) in [6.45, 7) is 0.758. The summed E-state index contributed by atoms with van der Waals surface area (Å²) < 4.78 is 0. The van der Waals surface area contributed by atoms with Crippen molar-refractivity contribution in [2.45, 2.75) is 12.8 Å². The number of guanidine groups is 2. The summed E-state index contributed by atoms with van der Waals surface area (Å²) in [6.07, 6.45) is 1.95. The minimum Gasteiger partial charge on any atom is -0.370 e. The van der Waals surface area contributed by atoms with E-state index in [1.54, 1.807) is 4.90 Å². The van der Waals surface area contributed by atoms with Crippen LogP contribution >= 0.6 is 0 Å². The van der Waals surface area contributed by atoms with Crippen LogP contribution in [0.5, 0.6) is 0 Å². The molecule has 1 aromatic carbocycles. The third kappa shape index (κ3) is 5.01. The summed E-state index contributed by atoms with van der Waals surface area (Å²) in [6, 6.07) is 10.2. The molecule has 0 unspecified atom stereocenters. The van der Waals surface area contributed by atoms with Crippen LogP contribution < -0.4 is 11.1 Å². The summed E-state index contributed by atoms with van der Waals surface area (Å²) in [5, 5.41) is 17.1. The molecule has 1 aromatic rings. The minimum atomic E-state index is -0.204. The molecule has 0 spiro atoms. The maximum Gasteiger partial charge on any atom is 0.197 e. The molecule has 0 radical (unpaired) electrons. The van der Waals surface area contributed by atoms with Gasteiger partial charge in [-0.1, -0.05) is 30.3 Å². The predicted octanol–water partition coefficient (Wildman–Crippen LogP) is 0.969. The first-order chi connectivity index (χ1) is 8.09. The van der Waals surface area contributed by atoms with Crippen molar-refractivity contribution < 1.29 is 0 Å². The maximum absolute atomic E-state index is 7.60. The van der Waals surface area contributed by atoms with E-state index in [-0.39, 0.29) is 11.9 Å². The van der Waals surface area contributed by atoms with Crippen LogP contribution in [0.15, 0.2) is 30.3 Å². The van der Waals surface area contributed by atoms with Crippen molar-refractivity contribution in [2.24, 2.45) is 5.73 Å². The first-order valence-electron chi connectivity index (χ1n) is 5.54. The van der Waals surface area contributed by atoms with E-state index in [1.165, 1.54) is 5.56 Å². The van der Waals surface area contributed by atoms with E-state index < -0.39 is 0 Å². The molecule has 5 heteroatoms. The number of rotatable bonds is 4. The van der Waals surface area contributed by atoms with Gasteiger partial charge in [0, 0.05) is 13.6 Å². The number of nitrogens with zero attached hydrogens (tertiary/aromatic N) is 1. The highest BCUT2D eigenvalue weighted by Crippen LogP contribution is 2.02. The lowest BCUT2D eigenvalue weighted by molar-refractivity contribution is 0.474. The van der Waals surface area contributed by atoms with Gasteiger partial charge in [-0.25, -0.2) is 0 Å². The van der Waals surface area contributed by atoms with Gasteiger partial charge in [0.1, 0.15) is 0 Å². The molecule has 17 heavy (non-hydrogen) atoms. The first-order valence-corrected chi connectivity index (χ1v) is 5.54. The van der Waals surface area contributed by atoms with Gasteiger partial charge in [0.25, 0.3) is 0 Å². The largest absolute Gasteiger partial charge is 0.370 e. The van der Waals surface area contributed by atoms with Crippen molar-refractivity contribution in [2.75, 3.05) is 13.6 Å². The van der Waals surface area contributed by atoms with E-state index in [4.69, 9.17) is 16.6 Å². The van der Waals surface area contributed by atoms with E-state index in [0.717, 1.165) is 19.4 Å². The van der Waals surface area contributed by atoms with E-state index in [9.17, 15) is 0 Å². The van der Waals surface area contributed by atoms with Gasteiger partial charge >= 0.3 is 0 Å². The SMILES string of the molecule is CN(CCCc1ccccc1)C(=N)NC(=N)N. The molecular formula is C12H19N5. The zero-order chi connectivity index (χ0) is 12.7. The van der Waals surface area contributed by atoms with E-state index in [0.29, 0.717) is 0 Å². The molecule has 0 fully saturated rings. The molecule has 0 atom stereocenters. The summed E-state index contributed by atoms with van der Waals surface area (Å²) in [5.41, 5.74) is 6.45. The lowest BCUT2D eigenvalue weighted by Gasteiger charge is -2.19. The minimum absolute atomic E-state index is 0.158. The molecule has 0 aliphatic carbocycles. The Labute approximate surface area is 102 Å². The number of nitrogens with one attached hydrogen (secondary N) is 3. The fraction of sp³-hybridized carbons (Fsp3) is 0.333. The molecule has 5 nitrogen and oxygen atoms in total. The lowest BCUT2D eigenvalue weighted by atomic mass is 10.1. The summed E-state index contributed by atoms with van der Waals surface area (Å²) in [4.78, 5) is 1.74. The fourth-order valence-corrected chi connectivity index (χ4v) is 1.50. The second-order valence-corrected chi connectivity index (χ2v) is 3.90. The smallest absolute Gasteiger partial charge is 0.197 e. The normalized spacial score (nSPS) is 9.71. The lowest BCUT2D eigenvalue weighted by Crippen LogP contribution is -2.44. The highest BCUT2D eigenvalue weighted by Gasteiger charge is 2.04. The Morgan fingerprint density at radius 3 is 2.53 bits per heavy atom. The van der Waals surface area contributed by atoms with Gasteiger partial charge in [-0.2, -0.15) is 0 Å². The Morgan fingerprint density at radius 2 is 1.94 bits per heavy atom. The van der Waals surface area contributed by atoms with Crippen molar-refractivity contribution >= 4 is 11.9 Å². The number of aryl methyl sites for hydroxylation is 1. The van der Waals surface area contributed by atoms with Crippen LogP contribution in [0.4, 0.5) is 0 Å². The van der Waals surface area contributed by atoms with Crippen LogP contribution in [0.3, 0.4) is 0 Å². The topological polar surface area (TPSA) is 89.0 Å². The van der Waals surface area contributed by atoms with Crippen molar-refractivity contribution in [1.29, 1.82) is 10.8 Å². The predicted molar refractivity (Wildman–Crippen MR) is 70.2 cm³/mol. The molecule has 5 N–H and O–H groups in total. The van der Waals surface area contributed by atoms with E-state index >= 15 is 0 Å². The Kier molecular flexibility index (Phi) is 5.00. The molecular weight excluding hydrogens is 214 g/mol. The highest BCUT2D eigenvalue weighted by atomic mass is 15.3. The number of nitrogens with two attached hydrogens (primary N) is 1. The molecule has 0 saturated heterocycles. The van der Waals surface area contributed by atoms with E-state index in [1.807, 2.05) is 25.2 Å². The zero-order valence-electron chi connectivity index (χ0n) is 10.0. The first kappa shape index (κ1) is 13.0. The Bertz CT molecular complexity index is 374. The zero-order valence-corrected chi connectivity index (χ0v) is 10.0. The van der Waals surface area contributed by atoms with Crippen LogP contribution in [-0.2, 0) is 6.42 Å². The van der Waals surface area contributed by atoms with Gasteiger partial charge in [-0.05, 0) is 18.4 Å². The fourth-order valence-electron chi connectivity index (χ4n) is 1.50. The molecule has 0 amide bonds. The van der Waals surface area contributed by atoms with Crippen LogP contribution in [-0.4, -0.2) is 30.4 Å². The molecule has 0 bridgehead atoms. The molecule has 0 saturated carbocycles. The van der Waals surface area contributed by atoms with Crippen LogP contribution in [0.1, 0.15) is 12.0 Å².